The Morgan fingerprint density at radius 1 is 1.04 bits per heavy atom. The van der Waals surface area contributed by atoms with E-state index in [2.05, 4.69) is 38.7 Å². The number of hydrogen-bond acceptors (Lipinski definition) is 9. The summed E-state index contributed by atoms with van der Waals surface area (Å²) in [7, 11) is 7.73. The third kappa shape index (κ3) is 4.41. The SMILES string of the molecule is CC(C)c1nc(N(C)C)nc(N2CCOC(c3ccnc(N(C)C)n3)C2)n1. The van der Waals surface area contributed by atoms with Crippen molar-refractivity contribution in [2.75, 3.05) is 62.6 Å². The molecule has 3 rings (SSSR count). The van der Waals surface area contributed by atoms with Gasteiger partial charge in [0.05, 0.1) is 18.8 Å². The maximum Gasteiger partial charge on any atom is 0.230 e. The fourth-order valence-corrected chi connectivity index (χ4v) is 2.74. The number of aromatic nitrogens is 5. The predicted molar refractivity (Wildman–Crippen MR) is 106 cm³/mol. The standard InChI is InChI=1S/C18H28N8O/c1-12(2)15-21-17(25(5)6)23-18(22-15)26-9-10-27-14(11-26)13-7-8-19-16(20-13)24(3)4/h7-8,12,14H,9-11H2,1-6H3. The average molecular weight is 372 g/mol. The summed E-state index contributed by atoms with van der Waals surface area (Å²) < 4.78 is 5.97. The van der Waals surface area contributed by atoms with E-state index in [1.165, 1.54) is 0 Å². The molecule has 146 valence electrons. The van der Waals surface area contributed by atoms with Gasteiger partial charge in [-0.15, -0.1) is 0 Å². The summed E-state index contributed by atoms with van der Waals surface area (Å²) in [6.07, 6.45) is 1.62. The second kappa shape index (κ2) is 7.99. The molecule has 0 aliphatic carbocycles. The van der Waals surface area contributed by atoms with Crippen LogP contribution in [0.15, 0.2) is 12.3 Å². The van der Waals surface area contributed by atoms with Crippen molar-refractivity contribution in [3.05, 3.63) is 23.8 Å². The number of ether oxygens (including phenoxy) is 1. The molecule has 0 amide bonds. The number of morpholine rings is 1. The van der Waals surface area contributed by atoms with Gasteiger partial charge in [0.1, 0.15) is 11.9 Å². The van der Waals surface area contributed by atoms with Gasteiger partial charge in [0.15, 0.2) is 0 Å². The topological polar surface area (TPSA) is 83.4 Å². The van der Waals surface area contributed by atoms with E-state index in [9.17, 15) is 0 Å². The van der Waals surface area contributed by atoms with Crippen molar-refractivity contribution in [3.8, 4) is 0 Å². The minimum atomic E-state index is -0.150. The molecule has 0 saturated carbocycles. The van der Waals surface area contributed by atoms with Gasteiger partial charge in [-0.1, -0.05) is 13.8 Å². The Bertz CT molecular complexity index is 753. The second-order valence-corrected chi connectivity index (χ2v) is 7.32. The van der Waals surface area contributed by atoms with Crippen LogP contribution in [0, 0.1) is 0 Å². The lowest BCUT2D eigenvalue weighted by molar-refractivity contribution is 0.0364. The van der Waals surface area contributed by atoms with Crippen LogP contribution in [0.5, 0.6) is 0 Å². The van der Waals surface area contributed by atoms with E-state index >= 15 is 0 Å². The van der Waals surface area contributed by atoms with Gasteiger partial charge >= 0.3 is 0 Å². The lowest BCUT2D eigenvalue weighted by atomic mass is 10.2. The third-order valence-electron chi connectivity index (χ3n) is 4.29. The molecule has 1 saturated heterocycles. The fraction of sp³-hybridized carbons (Fsp3) is 0.611. The lowest BCUT2D eigenvalue weighted by Gasteiger charge is -2.33. The van der Waals surface area contributed by atoms with Gasteiger partial charge < -0.3 is 19.4 Å². The van der Waals surface area contributed by atoms with E-state index < -0.39 is 0 Å². The summed E-state index contributed by atoms with van der Waals surface area (Å²) in [6, 6.07) is 1.90. The van der Waals surface area contributed by atoms with Gasteiger partial charge in [0, 0.05) is 46.9 Å². The molecule has 0 aromatic carbocycles. The number of anilines is 3. The highest BCUT2D eigenvalue weighted by Crippen LogP contribution is 2.25. The van der Waals surface area contributed by atoms with Crippen molar-refractivity contribution in [2.45, 2.75) is 25.9 Å². The number of hydrogen-bond donors (Lipinski definition) is 0. The Morgan fingerprint density at radius 2 is 1.78 bits per heavy atom. The van der Waals surface area contributed by atoms with Crippen LogP contribution in [0.4, 0.5) is 17.8 Å². The van der Waals surface area contributed by atoms with E-state index in [0.29, 0.717) is 31.0 Å². The van der Waals surface area contributed by atoms with Crippen LogP contribution in [-0.2, 0) is 4.74 Å². The highest BCUT2D eigenvalue weighted by Gasteiger charge is 2.26. The largest absolute Gasteiger partial charge is 0.368 e. The van der Waals surface area contributed by atoms with Crippen molar-refractivity contribution in [1.82, 2.24) is 24.9 Å². The van der Waals surface area contributed by atoms with Crippen molar-refractivity contribution in [1.29, 1.82) is 0 Å². The van der Waals surface area contributed by atoms with Gasteiger partial charge in [-0.05, 0) is 6.07 Å². The molecule has 1 aliphatic rings. The Kier molecular flexibility index (Phi) is 5.69. The molecule has 0 radical (unpaired) electrons. The molecule has 2 aromatic heterocycles. The van der Waals surface area contributed by atoms with Crippen LogP contribution in [0.2, 0.25) is 0 Å². The van der Waals surface area contributed by atoms with Crippen LogP contribution in [0.1, 0.15) is 37.4 Å². The molecular weight excluding hydrogens is 344 g/mol. The number of nitrogens with zero attached hydrogens (tertiary/aromatic N) is 8. The monoisotopic (exact) mass is 372 g/mol. The maximum absolute atomic E-state index is 5.97. The maximum atomic E-state index is 5.97. The molecule has 2 aromatic rings. The highest BCUT2D eigenvalue weighted by molar-refractivity contribution is 5.39. The summed E-state index contributed by atoms with van der Waals surface area (Å²) in [5.74, 6) is 3.05. The fourth-order valence-electron chi connectivity index (χ4n) is 2.74. The zero-order chi connectivity index (χ0) is 19.6. The van der Waals surface area contributed by atoms with E-state index in [4.69, 9.17) is 9.72 Å². The van der Waals surface area contributed by atoms with Crippen LogP contribution >= 0.6 is 0 Å². The minimum Gasteiger partial charge on any atom is -0.368 e. The van der Waals surface area contributed by atoms with Gasteiger partial charge in [0.2, 0.25) is 17.8 Å². The molecular formula is C18H28N8O. The van der Waals surface area contributed by atoms with Gasteiger partial charge in [0.25, 0.3) is 0 Å². The Morgan fingerprint density at radius 3 is 2.44 bits per heavy atom. The van der Waals surface area contributed by atoms with Gasteiger partial charge in [-0.25, -0.2) is 9.97 Å². The molecule has 3 heterocycles. The van der Waals surface area contributed by atoms with Crippen molar-refractivity contribution in [3.63, 3.8) is 0 Å². The van der Waals surface area contributed by atoms with E-state index in [1.807, 2.05) is 44.1 Å². The smallest absolute Gasteiger partial charge is 0.230 e. The highest BCUT2D eigenvalue weighted by atomic mass is 16.5. The van der Waals surface area contributed by atoms with Crippen LogP contribution in [0.3, 0.4) is 0 Å². The summed E-state index contributed by atoms with van der Waals surface area (Å²) in [4.78, 5) is 28.7. The number of rotatable bonds is 5. The Labute approximate surface area is 160 Å². The molecule has 1 atom stereocenters. The van der Waals surface area contributed by atoms with E-state index in [0.717, 1.165) is 18.1 Å². The summed E-state index contributed by atoms with van der Waals surface area (Å²) in [5, 5.41) is 0. The zero-order valence-electron chi connectivity index (χ0n) is 16.9. The van der Waals surface area contributed by atoms with Crippen LogP contribution in [0.25, 0.3) is 0 Å². The first-order valence-electron chi connectivity index (χ1n) is 9.15. The molecule has 1 fully saturated rings. The van der Waals surface area contributed by atoms with Crippen LogP contribution in [-0.4, -0.2) is 72.8 Å². The average Bonchev–Trinajstić information content (AvgIpc) is 2.67. The van der Waals surface area contributed by atoms with E-state index in [1.54, 1.807) is 6.20 Å². The van der Waals surface area contributed by atoms with Crippen LogP contribution < -0.4 is 14.7 Å². The predicted octanol–water partition coefficient (Wildman–Crippen LogP) is 1.49. The quantitative estimate of drug-likeness (QED) is 0.775. The third-order valence-corrected chi connectivity index (χ3v) is 4.29. The van der Waals surface area contributed by atoms with Crippen molar-refractivity contribution >= 4 is 17.8 Å². The first kappa shape index (κ1) is 19.2. The first-order chi connectivity index (χ1) is 12.8. The van der Waals surface area contributed by atoms with Crippen molar-refractivity contribution in [2.24, 2.45) is 0 Å². The Hall–Kier alpha value is -2.55. The van der Waals surface area contributed by atoms with Gasteiger partial charge in [-0.2, -0.15) is 15.0 Å². The van der Waals surface area contributed by atoms with Crippen molar-refractivity contribution < 1.29 is 4.74 Å². The Balaban J connectivity index is 1.87. The molecule has 0 spiro atoms. The minimum absolute atomic E-state index is 0.150. The molecule has 0 N–H and O–H groups in total. The molecule has 27 heavy (non-hydrogen) atoms. The summed E-state index contributed by atoms with van der Waals surface area (Å²) in [6.45, 7) is 6.13. The molecule has 0 bridgehead atoms. The van der Waals surface area contributed by atoms with E-state index in [-0.39, 0.29) is 12.0 Å². The molecule has 9 nitrogen and oxygen atoms in total. The molecule has 9 heteroatoms. The first-order valence-corrected chi connectivity index (χ1v) is 9.15. The normalized spacial score (nSPS) is 17.3. The lowest BCUT2D eigenvalue weighted by Crippen LogP contribution is -2.40. The molecule has 1 aliphatic heterocycles. The second-order valence-electron chi connectivity index (χ2n) is 7.32. The van der Waals surface area contributed by atoms with Gasteiger partial charge in [-0.3, -0.25) is 0 Å². The summed E-state index contributed by atoms with van der Waals surface area (Å²) in [5.41, 5.74) is 0.865. The summed E-state index contributed by atoms with van der Waals surface area (Å²) >= 11 is 0. The zero-order valence-corrected chi connectivity index (χ0v) is 16.9. The molecule has 1 unspecified atom stereocenters.